The van der Waals surface area contributed by atoms with E-state index < -0.39 is 5.97 Å². The van der Waals surface area contributed by atoms with Gasteiger partial charge in [-0.2, -0.15) is 0 Å². The minimum Gasteiger partial charge on any atom is -0.481 e. The summed E-state index contributed by atoms with van der Waals surface area (Å²) < 4.78 is 1.85. The van der Waals surface area contributed by atoms with E-state index in [0.717, 1.165) is 59.1 Å². The van der Waals surface area contributed by atoms with Crippen LogP contribution in [0.4, 0.5) is 0 Å². The SMILES string of the molecule is CCn1nnc2c(C)c([C@H](CC(=O)O)c3ccc4c(c3)C3CCC(C4)N3C(=O)c3ccccc3)ccc21. The van der Waals surface area contributed by atoms with Crippen molar-refractivity contribution in [3.05, 3.63) is 94.0 Å². The molecule has 2 bridgehead atoms. The van der Waals surface area contributed by atoms with Crippen LogP contribution in [0.5, 0.6) is 0 Å². The number of aromatic nitrogens is 3. The fraction of sp³-hybridized carbons (Fsp3) is 0.333. The normalized spacial score (nSPS) is 19.1. The highest BCUT2D eigenvalue weighted by Crippen LogP contribution is 2.46. The molecule has 188 valence electrons. The van der Waals surface area contributed by atoms with Crippen molar-refractivity contribution >= 4 is 22.9 Å². The largest absolute Gasteiger partial charge is 0.481 e. The number of rotatable bonds is 6. The lowest BCUT2D eigenvalue weighted by atomic mass is 9.82. The topological polar surface area (TPSA) is 88.3 Å². The van der Waals surface area contributed by atoms with E-state index in [1.54, 1.807) is 0 Å². The Balaban J connectivity index is 1.41. The van der Waals surface area contributed by atoms with Gasteiger partial charge in [-0.05, 0) is 79.1 Å². The Kier molecular flexibility index (Phi) is 5.78. The molecule has 2 aliphatic rings. The van der Waals surface area contributed by atoms with E-state index in [1.165, 1.54) is 5.56 Å². The molecule has 1 amide bonds. The van der Waals surface area contributed by atoms with E-state index in [0.29, 0.717) is 5.56 Å². The molecular formula is C30H30N4O3. The van der Waals surface area contributed by atoms with Crippen molar-refractivity contribution in [2.24, 2.45) is 0 Å². The number of hydrogen-bond donors (Lipinski definition) is 1. The van der Waals surface area contributed by atoms with Gasteiger partial charge in [-0.15, -0.1) is 5.10 Å². The lowest BCUT2D eigenvalue weighted by Crippen LogP contribution is -2.41. The number of aryl methyl sites for hydroxylation is 2. The van der Waals surface area contributed by atoms with Crippen molar-refractivity contribution in [3.8, 4) is 0 Å². The summed E-state index contributed by atoms with van der Waals surface area (Å²) >= 11 is 0. The molecule has 7 nitrogen and oxygen atoms in total. The second kappa shape index (κ2) is 9.14. The van der Waals surface area contributed by atoms with Gasteiger partial charge in [-0.3, -0.25) is 9.59 Å². The molecule has 7 heteroatoms. The van der Waals surface area contributed by atoms with E-state index in [1.807, 2.05) is 61.0 Å². The second-order valence-corrected chi connectivity index (χ2v) is 10.2. The summed E-state index contributed by atoms with van der Waals surface area (Å²) in [6, 6.07) is 20.1. The van der Waals surface area contributed by atoms with Crippen molar-refractivity contribution in [1.29, 1.82) is 0 Å². The van der Waals surface area contributed by atoms with Crippen molar-refractivity contribution < 1.29 is 14.7 Å². The highest BCUT2D eigenvalue weighted by molar-refractivity contribution is 5.95. The number of carbonyl (C=O) groups is 2. The van der Waals surface area contributed by atoms with Gasteiger partial charge in [0.05, 0.1) is 18.0 Å². The summed E-state index contributed by atoms with van der Waals surface area (Å²) in [6.45, 7) is 4.75. The number of hydrogen-bond acceptors (Lipinski definition) is 4. The van der Waals surface area contributed by atoms with Gasteiger partial charge in [0.1, 0.15) is 5.52 Å². The Morgan fingerprint density at radius 2 is 1.89 bits per heavy atom. The van der Waals surface area contributed by atoms with Crippen LogP contribution in [0.1, 0.15) is 76.3 Å². The molecule has 2 aliphatic heterocycles. The minimum absolute atomic E-state index is 0.0138. The third kappa shape index (κ3) is 3.89. The monoisotopic (exact) mass is 494 g/mol. The molecule has 1 fully saturated rings. The molecule has 37 heavy (non-hydrogen) atoms. The molecule has 0 radical (unpaired) electrons. The standard InChI is InChI=1S/C30H30N4O3/c1-3-33-27-14-12-23(18(2)29(27)31-32-33)24(17-28(35)36)21-10-9-20-15-22-11-13-26(25(20)16-21)34(22)30(37)19-7-5-4-6-8-19/h4-10,12,14,16,22,24,26H,3,11,13,15,17H2,1-2H3,(H,35,36)/t22?,24-,26?/m1/s1. The number of benzene rings is 3. The highest BCUT2D eigenvalue weighted by atomic mass is 16.4. The number of carbonyl (C=O) groups excluding carboxylic acids is 1. The van der Waals surface area contributed by atoms with Crippen molar-refractivity contribution in [1.82, 2.24) is 19.9 Å². The summed E-state index contributed by atoms with van der Waals surface area (Å²) in [5.74, 6) is -1.09. The number of amides is 1. The molecule has 0 saturated carbocycles. The first-order valence-corrected chi connectivity index (χ1v) is 13.0. The van der Waals surface area contributed by atoms with E-state index >= 15 is 0 Å². The maximum atomic E-state index is 13.5. The van der Waals surface area contributed by atoms with Gasteiger partial charge < -0.3 is 10.0 Å². The third-order valence-electron chi connectivity index (χ3n) is 8.18. The molecule has 4 aromatic rings. The zero-order valence-corrected chi connectivity index (χ0v) is 21.1. The quantitative estimate of drug-likeness (QED) is 0.395. The molecule has 6 rings (SSSR count). The molecule has 3 heterocycles. The van der Waals surface area contributed by atoms with Gasteiger partial charge in [0.15, 0.2) is 0 Å². The zero-order chi connectivity index (χ0) is 25.7. The maximum absolute atomic E-state index is 13.5. The first-order chi connectivity index (χ1) is 18.0. The van der Waals surface area contributed by atoms with Crippen LogP contribution in [-0.4, -0.2) is 42.9 Å². The number of nitrogens with zero attached hydrogens (tertiary/aromatic N) is 4. The number of carboxylic acids is 1. The van der Waals surface area contributed by atoms with Gasteiger partial charge >= 0.3 is 5.97 Å². The molecule has 0 spiro atoms. The molecule has 3 aromatic carbocycles. The highest BCUT2D eigenvalue weighted by Gasteiger charge is 2.43. The fourth-order valence-corrected chi connectivity index (χ4v) is 6.38. The predicted octanol–water partition coefficient (Wildman–Crippen LogP) is 5.27. The van der Waals surface area contributed by atoms with Crippen LogP contribution in [0.2, 0.25) is 0 Å². The van der Waals surface area contributed by atoms with Crippen LogP contribution < -0.4 is 0 Å². The van der Waals surface area contributed by atoms with Gasteiger partial charge in [-0.25, -0.2) is 4.68 Å². The lowest BCUT2D eigenvalue weighted by molar-refractivity contribution is -0.137. The summed E-state index contributed by atoms with van der Waals surface area (Å²) in [4.78, 5) is 27.6. The van der Waals surface area contributed by atoms with Crippen LogP contribution in [0, 0.1) is 6.92 Å². The summed E-state index contributed by atoms with van der Waals surface area (Å²) in [5, 5.41) is 18.5. The first kappa shape index (κ1) is 23.4. The minimum atomic E-state index is -0.846. The van der Waals surface area contributed by atoms with Gasteiger partial charge in [0.25, 0.3) is 5.91 Å². The summed E-state index contributed by atoms with van der Waals surface area (Å²) in [7, 11) is 0. The third-order valence-corrected chi connectivity index (χ3v) is 8.18. The van der Waals surface area contributed by atoms with E-state index in [-0.39, 0.29) is 30.3 Å². The Morgan fingerprint density at radius 3 is 2.65 bits per heavy atom. The summed E-state index contributed by atoms with van der Waals surface area (Å²) in [5.41, 5.74) is 7.78. The Hall–Kier alpha value is -4.00. The molecule has 1 saturated heterocycles. The van der Waals surface area contributed by atoms with Gasteiger partial charge in [0, 0.05) is 24.1 Å². The van der Waals surface area contributed by atoms with Gasteiger partial charge in [-0.1, -0.05) is 47.7 Å². The van der Waals surface area contributed by atoms with Crippen LogP contribution >= 0.6 is 0 Å². The smallest absolute Gasteiger partial charge is 0.304 e. The number of carboxylic acid groups (broad SMARTS) is 1. The molecule has 3 atom stereocenters. The molecule has 0 aliphatic carbocycles. The molecule has 1 N–H and O–H groups in total. The average molecular weight is 495 g/mol. The number of fused-ring (bicyclic) bond motifs is 5. The molecular weight excluding hydrogens is 464 g/mol. The van der Waals surface area contributed by atoms with Crippen molar-refractivity contribution in [3.63, 3.8) is 0 Å². The maximum Gasteiger partial charge on any atom is 0.304 e. The van der Waals surface area contributed by atoms with Gasteiger partial charge in [0.2, 0.25) is 0 Å². The van der Waals surface area contributed by atoms with E-state index in [4.69, 9.17) is 0 Å². The average Bonchev–Trinajstić information content (AvgIpc) is 3.48. The van der Waals surface area contributed by atoms with Crippen LogP contribution in [0.3, 0.4) is 0 Å². The Labute approximate surface area is 215 Å². The first-order valence-electron chi connectivity index (χ1n) is 13.0. The number of aliphatic carboxylic acids is 1. The lowest BCUT2D eigenvalue weighted by Gasteiger charge is -2.37. The van der Waals surface area contributed by atoms with E-state index in [2.05, 4.69) is 33.4 Å². The van der Waals surface area contributed by atoms with Crippen LogP contribution in [0.25, 0.3) is 11.0 Å². The zero-order valence-electron chi connectivity index (χ0n) is 21.1. The molecule has 2 unspecified atom stereocenters. The fourth-order valence-electron chi connectivity index (χ4n) is 6.38. The Morgan fingerprint density at radius 1 is 1.08 bits per heavy atom. The molecule has 1 aromatic heterocycles. The predicted molar refractivity (Wildman–Crippen MR) is 141 cm³/mol. The van der Waals surface area contributed by atoms with Crippen molar-refractivity contribution in [2.45, 2.75) is 64.1 Å². The second-order valence-electron chi connectivity index (χ2n) is 10.2. The Bertz CT molecular complexity index is 1510. The van der Waals surface area contributed by atoms with E-state index in [9.17, 15) is 14.7 Å². The van der Waals surface area contributed by atoms with Crippen LogP contribution in [0.15, 0.2) is 60.7 Å². The summed E-state index contributed by atoms with van der Waals surface area (Å²) in [6.07, 6.45) is 2.72. The van der Waals surface area contributed by atoms with Crippen LogP contribution in [-0.2, 0) is 17.8 Å². The van der Waals surface area contributed by atoms with Crippen molar-refractivity contribution in [2.75, 3.05) is 0 Å².